The summed E-state index contributed by atoms with van der Waals surface area (Å²) in [5, 5.41) is 0. The number of rotatable bonds is 4. The van der Waals surface area contributed by atoms with Gasteiger partial charge in [-0.05, 0) is 137 Å². The molecule has 0 bridgehead atoms. The Morgan fingerprint density at radius 2 is 0.703 bits per heavy atom. The lowest BCUT2D eigenvalue weighted by atomic mass is 9.69. The second kappa shape index (κ2) is 13.0. The van der Waals surface area contributed by atoms with Crippen LogP contribution in [0.4, 0.5) is 17.1 Å². The Kier molecular flexibility index (Phi) is 7.24. The molecule has 0 radical (unpaired) electrons. The molecule has 0 saturated heterocycles. The van der Waals surface area contributed by atoms with E-state index in [0.29, 0.717) is 0 Å². The van der Waals surface area contributed by atoms with Crippen molar-refractivity contribution in [2.24, 2.45) is 0 Å². The van der Waals surface area contributed by atoms with Gasteiger partial charge in [-0.2, -0.15) is 0 Å². The van der Waals surface area contributed by atoms with Gasteiger partial charge in [0, 0.05) is 16.9 Å². The second-order valence-electron chi connectivity index (χ2n) is 17.9. The highest BCUT2D eigenvalue weighted by atomic mass is 15.1. The van der Waals surface area contributed by atoms with E-state index in [9.17, 15) is 0 Å². The van der Waals surface area contributed by atoms with Crippen LogP contribution in [0.25, 0.3) is 55.6 Å². The van der Waals surface area contributed by atoms with Crippen molar-refractivity contribution in [3.8, 4) is 55.6 Å². The van der Waals surface area contributed by atoms with Gasteiger partial charge in [0.25, 0.3) is 0 Å². The fourth-order valence-corrected chi connectivity index (χ4v) is 12.7. The van der Waals surface area contributed by atoms with Crippen LogP contribution in [0.2, 0.25) is 0 Å². The van der Waals surface area contributed by atoms with E-state index in [0.717, 1.165) is 11.4 Å². The molecule has 0 amide bonds. The largest absolute Gasteiger partial charge is 0.310 e. The first kappa shape index (κ1) is 35.6. The Morgan fingerprint density at radius 1 is 0.281 bits per heavy atom. The van der Waals surface area contributed by atoms with Crippen LogP contribution in [0.5, 0.6) is 0 Å². The summed E-state index contributed by atoms with van der Waals surface area (Å²) < 4.78 is 0. The van der Waals surface area contributed by atoms with Crippen LogP contribution < -0.4 is 4.90 Å². The number of hydrogen-bond acceptors (Lipinski definition) is 1. The lowest BCUT2D eigenvalue weighted by Gasteiger charge is -2.37. The van der Waals surface area contributed by atoms with E-state index >= 15 is 0 Å². The molecule has 298 valence electrons. The molecule has 0 N–H and O–H groups in total. The summed E-state index contributed by atoms with van der Waals surface area (Å²) in [6.07, 6.45) is 0. The average molecular weight is 812 g/mol. The normalized spacial score (nSPS) is 14.3. The zero-order valence-electron chi connectivity index (χ0n) is 35.4. The fourth-order valence-electron chi connectivity index (χ4n) is 12.7. The van der Waals surface area contributed by atoms with Crippen molar-refractivity contribution < 1.29 is 0 Å². The number of nitrogens with zero attached hydrogens (tertiary/aromatic N) is 1. The second-order valence-corrected chi connectivity index (χ2v) is 17.9. The number of aryl methyl sites for hydroxylation is 1. The van der Waals surface area contributed by atoms with Gasteiger partial charge in [0.1, 0.15) is 0 Å². The zero-order chi connectivity index (χ0) is 42.1. The molecule has 4 aliphatic carbocycles. The van der Waals surface area contributed by atoms with E-state index in [1.807, 2.05) is 0 Å². The molecular formula is C63H41N. The van der Waals surface area contributed by atoms with Crippen molar-refractivity contribution in [3.05, 3.63) is 281 Å². The minimum absolute atomic E-state index is 0.466. The van der Waals surface area contributed by atoms with E-state index in [-0.39, 0.29) is 0 Å². The minimum Gasteiger partial charge on any atom is -0.310 e. The molecule has 10 aromatic rings. The van der Waals surface area contributed by atoms with Gasteiger partial charge in [0.15, 0.2) is 0 Å². The summed E-state index contributed by atoms with van der Waals surface area (Å²) >= 11 is 0. The lowest BCUT2D eigenvalue weighted by molar-refractivity contribution is 0.790. The molecule has 0 unspecified atom stereocenters. The smallest absolute Gasteiger partial charge is 0.0746 e. The van der Waals surface area contributed by atoms with Crippen LogP contribution in [0.1, 0.15) is 50.1 Å². The fraction of sp³-hybridized carbons (Fsp3) is 0.0476. The summed E-state index contributed by atoms with van der Waals surface area (Å²) in [5.74, 6) is 0. The van der Waals surface area contributed by atoms with Gasteiger partial charge in [0.2, 0.25) is 0 Å². The van der Waals surface area contributed by atoms with Crippen molar-refractivity contribution >= 4 is 17.1 Å². The van der Waals surface area contributed by atoms with E-state index in [4.69, 9.17) is 0 Å². The topological polar surface area (TPSA) is 3.24 Å². The summed E-state index contributed by atoms with van der Waals surface area (Å²) in [6, 6.07) is 87.0. The van der Waals surface area contributed by atoms with Crippen LogP contribution in [-0.2, 0) is 10.8 Å². The first-order chi connectivity index (χ1) is 31.7. The average Bonchev–Trinajstić information content (AvgIpc) is 4.04. The maximum absolute atomic E-state index is 2.60. The third-order valence-electron chi connectivity index (χ3n) is 15.0. The molecule has 0 aromatic heterocycles. The van der Waals surface area contributed by atoms with E-state index in [1.54, 1.807) is 0 Å². The molecular weight excluding hydrogens is 771 g/mol. The quantitative estimate of drug-likeness (QED) is 0.171. The summed E-state index contributed by atoms with van der Waals surface area (Å²) in [6.45, 7) is 2.29. The molecule has 64 heavy (non-hydrogen) atoms. The molecule has 2 spiro atoms. The molecule has 4 aliphatic rings. The molecule has 0 fully saturated rings. The van der Waals surface area contributed by atoms with E-state index in [1.165, 1.54) is 111 Å². The van der Waals surface area contributed by atoms with Gasteiger partial charge < -0.3 is 4.90 Å². The Hall–Kier alpha value is -8.00. The highest BCUT2D eigenvalue weighted by Gasteiger charge is 2.54. The van der Waals surface area contributed by atoms with Crippen LogP contribution in [0, 0.1) is 6.92 Å². The van der Waals surface area contributed by atoms with Crippen LogP contribution in [0.15, 0.2) is 231 Å². The molecule has 10 aromatic carbocycles. The van der Waals surface area contributed by atoms with Crippen molar-refractivity contribution in [3.63, 3.8) is 0 Å². The number of fused-ring (bicyclic) bond motifs is 20. The van der Waals surface area contributed by atoms with E-state index in [2.05, 4.69) is 242 Å². The van der Waals surface area contributed by atoms with E-state index < -0.39 is 10.8 Å². The monoisotopic (exact) mass is 811 g/mol. The molecule has 0 aliphatic heterocycles. The van der Waals surface area contributed by atoms with Crippen LogP contribution >= 0.6 is 0 Å². The zero-order valence-corrected chi connectivity index (χ0v) is 35.4. The number of benzene rings is 10. The molecule has 0 atom stereocenters. The minimum atomic E-state index is -0.524. The predicted molar refractivity (Wildman–Crippen MR) is 264 cm³/mol. The Morgan fingerprint density at radius 3 is 1.20 bits per heavy atom. The number of hydrogen-bond donors (Lipinski definition) is 0. The summed E-state index contributed by atoms with van der Waals surface area (Å²) in [5.41, 5.74) is 27.3. The predicted octanol–water partition coefficient (Wildman–Crippen LogP) is 15.8. The third-order valence-corrected chi connectivity index (χ3v) is 15.0. The Balaban J connectivity index is 1.09. The first-order valence-corrected chi connectivity index (χ1v) is 22.5. The van der Waals surface area contributed by atoms with Crippen molar-refractivity contribution in [1.82, 2.24) is 0 Å². The standard InChI is InChI=1S/C63H41N/c1-40-38-42(41-18-3-2-4-19-41)34-37-59(40)64(43-35-36-50-48-24-7-13-29-54(48)62(58(50)39-43)52-27-11-5-20-44(52)45-21-6-12-28-53(45)62)60-33-17-26-51-49-25-10-16-32-57(49)63(61(51)60)55-30-14-8-22-46(55)47-23-9-15-31-56(47)63/h2-39H,1H3. The summed E-state index contributed by atoms with van der Waals surface area (Å²) in [4.78, 5) is 2.60. The highest BCUT2D eigenvalue weighted by Crippen LogP contribution is 2.67. The van der Waals surface area contributed by atoms with Gasteiger partial charge in [-0.3, -0.25) is 0 Å². The van der Waals surface area contributed by atoms with Gasteiger partial charge in [0.05, 0.1) is 16.5 Å². The van der Waals surface area contributed by atoms with Gasteiger partial charge in [-0.25, -0.2) is 0 Å². The lowest BCUT2D eigenvalue weighted by Crippen LogP contribution is -2.29. The number of anilines is 3. The van der Waals surface area contributed by atoms with Crippen molar-refractivity contribution in [2.75, 3.05) is 4.90 Å². The SMILES string of the molecule is Cc1cc(-c2ccccc2)ccc1N(c1ccc2c(c1)C1(c3ccccc3-c3ccccc31)c1ccccc1-2)c1cccc2c1C1(c3ccccc3-c3ccccc31)c1ccccc1-2. The molecule has 0 heterocycles. The van der Waals surface area contributed by atoms with Crippen LogP contribution in [-0.4, -0.2) is 0 Å². The maximum Gasteiger partial charge on any atom is 0.0746 e. The van der Waals surface area contributed by atoms with Gasteiger partial charge in [-0.15, -0.1) is 0 Å². The first-order valence-electron chi connectivity index (χ1n) is 22.5. The molecule has 1 heteroatoms. The van der Waals surface area contributed by atoms with Crippen molar-refractivity contribution in [2.45, 2.75) is 17.8 Å². The van der Waals surface area contributed by atoms with Gasteiger partial charge in [-0.1, -0.05) is 200 Å². The molecule has 14 rings (SSSR count). The molecule has 0 saturated carbocycles. The molecule has 1 nitrogen and oxygen atoms in total. The third kappa shape index (κ3) is 4.38. The summed E-state index contributed by atoms with van der Waals surface area (Å²) in [7, 11) is 0. The Labute approximate surface area is 374 Å². The van der Waals surface area contributed by atoms with Crippen molar-refractivity contribution in [1.29, 1.82) is 0 Å². The maximum atomic E-state index is 2.60. The van der Waals surface area contributed by atoms with Gasteiger partial charge >= 0.3 is 0 Å². The highest BCUT2D eigenvalue weighted by molar-refractivity contribution is 6.01. The Bertz CT molecular complexity index is 3460. The van der Waals surface area contributed by atoms with Crippen LogP contribution in [0.3, 0.4) is 0 Å².